The number of thioether (sulfide) groups is 1. The van der Waals surface area contributed by atoms with Crippen LogP contribution in [0.1, 0.15) is 19.2 Å². The van der Waals surface area contributed by atoms with Gasteiger partial charge in [-0.3, -0.25) is 0 Å². The third kappa shape index (κ3) is 2.78. The van der Waals surface area contributed by atoms with Crippen LogP contribution in [-0.4, -0.2) is 25.3 Å². The number of hydrogen-bond donors (Lipinski definition) is 0. The average molecular weight is 298 g/mol. The summed E-state index contributed by atoms with van der Waals surface area (Å²) in [5, 5.41) is 1.01. The quantitative estimate of drug-likeness (QED) is 0.481. The summed E-state index contributed by atoms with van der Waals surface area (Å²) in [5.41, 5.74) is 3.14. The summed E-state index contributed by atoms with van der Waals surface area (Å²) in [7, 11) is 0. The minimum Gasteiger partial charge on any atom is -0.324 e. The first-order valence-corrected chi connectivity index (χ1v) is 8.09. The summed E-state index contributed by atoms with van der Waals surface area (Å²) < 4.78 is 2.27. The highest BCUT2D eigenvalue weighted by Gasteiger charge is 2.20. The Kier molecular flexibility index (Phi) is 4.20. The molecule has 0 bridgehead atoms. The van der Waals surface area contributed by atoms with Crippen molar-refractivity contribution in [3.63, 3.8) is 0 Å². The van der Waals surface area contributed by atoms with Crippen LogP contribution in [-0.2, 0) is 13.0 Å². The van der Waals surface area contributed by atoms with Gasteiger partial charge in [0.05, 0.1) is 0 Å². The van der Waals surface area contributed by atoms with Crippen LogP contribution >= 0.6 is 11.8 Å². The van der Waals surface area contributed by atoms with Crippen molar-refractivity contribution in [2.75, 3.05) is 5.75 Å². The Morgan fingerprint density at radius 3 is 3.19 bits per heavy atom. The number of aryl methyl sites for hydroxylation is 2. The van der Waals surface area contributed by atoms with Crippen LogP contribution in [0.4, 0.5) is 0 Å². The molecule has 2 aromatic rings. The molecule has 0 atom stereocenters. The monoisotopic (exact) mass is 298 g/mol. The molecule has 3 heterocycles. The van der Waals surface area contributed by atoms with Crippen molar-refractivity contribution in [2.45, 2.75) is 31.3 Å². The molecule has 2 aromatic heterocycles. The first-order valence-electron chi connectivity index (χ1n) is 7.10. The molecule has 0 aromatic carbocycles. The average Bonchev–Trinajstić information content (AvgIpc) is 3.05. The number of allylic oxidation sites excluding steroid dienone is 4. The van der Waals surface area contributed by atoms with Gasteiger partial charge in [0.2, 0.25) is 0 Å². The molecular formula is C16H18N4S. The Balaban J connectivity index is 1.90. The number of hydrogen-bond acceptors (Lipinski definition) is 4. The van der Waals surface area contributed by atoms with Gasteiger partial charge in [-0.1, -0.05) is 42.6 Å². The van der Waals surface area contributed by atoms with Gasteiger partial charge in [0, 0.05) is 18.7 Å². The summed E-state index contributed by atoms with van der Waals surface area (Å²) in [6, 6.07) is 0. The number of rotatable bonds is 5. The first kappa shape index (κ1) is 14.1. The number of nitrogens with zero attached hydrogens (tertiary/aromatic N) is 4. The van der Waals surface area contributed by atoms with E-state index in [4.69, 9.17) is 0 Å². The molecule has 0 N–H and O–H groups in total. The van der Waals surface area contributed by atoms with E-state index in [0.29, 0.717) is 0 Å². The maximum atomic E-state index is 4.61. The zero-order valence-corrected chi connectivity index (χ0v) is 12.9. The zero-order chi connectivity index (χ0) is 14.7. The molecule has 108 valence electrons. The predicted octanol–water partition coefficient (Wildman–Crippen LogP) is 3.55. The lowest BCUT2D eigenvalue weighted by atomic mass is 10.2. The van der Waals surface area contributed by atoms with Gasteiger partial charge in [0.25, 0.3) is 0 Å². The third-order valence-electron chi connectivity index (χ3n) is 3.46. The van der Waals surface area contributed by atoms with Crippen molar-refractivity contribution in [2.24, 2.45) is 0 Å². The standard InChI is InChI=1S/C16H18N4S/c1-3-6-12(7-4-2)10-21-16-14-15(17-11-18-16)19-13-8-5-9-20(13)14/h3-4,6-7,11H,1,5,8-10H2,2H3/b7-4-,12-6+. The molecule has 1 aliphatic heterocycles. The van der Waals surface area contributed by atoms with Crippen molar-refractivity contribution in [1.82, 2.24) is 19.5 Å². The van der Waals surface area contributed by atoms with Gasteiger partial charge in [-0.2, -0.15) is 0 Å². The van der Waals surface area contributed by atoms with Gasteiger partial charge >= 0.3 is 0 Å². The van der Waals surface area contributed by atoms with E-state index in [1.54, 1.807) is 18.1 Å². The molecule has 0 radical (unpaired) electrons. The lowest BCUT2D eigenvalue weighted by Gasteiger charge is -2.05. The second kappa shape index (κ2) is 6.26. The highest BCUT2D eigenvalue weighted by Crippen LogP contribution is 2.29. The molecule has 0 fully saturated rings. The van der Waals surface area contributed by atoms with Crippen LogP contribution in [0.25, 0.3) is 11.2 Å². The van der Waals surface area contributed by atoms with Crippen LogP contribution in [0.3, 0.4) is 0 Å². The van der Waals surface area contributed by atoms with Crippen LogP contribution in [0.15, 0.2) is 47.8 Å². The Hall–Kier alpha value is -1.88. The maximum Gasteiger partial charge on any atom is 0.182 e. The summed E-state index contributed by atoms with van der Waals surface area (Å²) in [6.07, 6.45) is 11.8. The largest absolute Gasteiger partial charge is 0.324 e. The molecule has 0 spiro atoms. The van der Waals surface area contributed by atoms with Crippen molar-refractivity contribution in [1.29, 1.82) is 0 Å². The van der Waals surface area contributed by atoms with E-state index in [1.807, 2.05) is 25.2 Å². The van der Waals surface area contributed by atoms with Crippen LogP contribution < -0.4 is 0 Å². The first-order chi connectivity index (χ1) is 10.3. The molecule has 0 unspecified atom stereocenters. The topological polar surface area (TPSA) is 43.6 Å². The molecular weight excluding hydrogens is 280 g/mol. The lowest BCUT2D eigenvalue weighted by molar-refractivity contribution is 0.763. The smallest absolute Gasteiger partial charge is 0.182 e. The SMILES string of the molecule is C=C/C=C(\C=C/C)CSc1ncnc2nc3n(c12)CCC3. The maximum absolute atomic E-state index is 4.61. The zero-order valence-electron chi connectivity index (χ0n) is 12.1. The van der Waals surface area contributed by atoms with E-state index < -0.39 is 0 Å². The Morgan fingerprint density at radius 2 is 2.38 bits per heavy atom. The number of aromatic nitrogens is 4. The van der Waals surface area contributed by atoms with E-state index in [1.165, 1.54) is 5.57 Å². The minimum absolute atomic E-state index is 0.822. The summed E-state index contributed by atoms with van der Waals surface area (Å²) in [4.78, 5) is 13.4. The van der Waals surface area contributed by atoms with E-state index in [9.17, 15) is 0 Å². The molecule has 1 aliphatic rings. The fraction of sp³-hybridized carbons (Fsp3) is 0.312. The molecule has 4 nitrogen and oxygen atoms in total. The van der Waals surface area contributed by atoms with E-state index in [0.717, 1.165) is 47.2 Å². The third-order valence-corrected chi connectivity index (χ3v) is 4.51. The van der Waals surface area contributed by atoms with Gasteiger partial charge in [-0.25, -0.2) is 15.0 Å². The Morgan fingerprint density at radius 1 is 1.48 bits per heavy atom. The van der Waals surface area contributed by atoms with Crippen LogP contribution in [0.5, 0.6) is 0 Å². The predicted molar refractivity (Wildman–Crippen MR) is 87.5 cm³/mol. The van der Waals surface area contributed by atoms with E-state index >= 15 is 0 Å². The molecule has 21 heavy (non-hydrogen) atoms. The second-order valence-corrected chi connectivity index (χ2v) is 5.86. The highest BCUT2D eigenvalue weighted by molar-refractivity contribution is 7.99. The van der Waals surface area contributed by atoms with E-state index in [-0.39, 0.29) is 0 Å². The van der Waals surface area contributed by atoms with Gasteiger partial charge in [0.15, 0.2) is 5.65 Å². The van der Waals surface area contributed by atoms with Gasteiger partial charge < -0.3 is 4.57 Å². The molecule has 3 rings (SSSR count). The molecule has 0 aliphatic carbocycles. The number of fused-ring (bicyclic) bond motifs is 3. The van der Waals surface area contributed by atoms with Crippen molar-refractivity contribution in [3.8, 4) is 0 Å². The van der Waals surface area contributed by atoms with Crippen LogP contribution in [0, 0.1) is 0 Å². The Bertz CT molecular complexity index is 727. The molecule has 5 heteroatoms. The second-order valence-electron chi connectivity index (χ2n) is 4.90. The van der Waals surface area contributed by atoms with Gasteiger partial charge in [-0.05, 0) is 18.9 Å². The summed E-state index contributed by atoms with van der Waals surface area (Å²) in [6.45, 7) is 6.81. The minimum atomic E-state index is 0.822. The van der Waals surface area contributed by atoms with Crippen molar-refractivity contribution >= 4 is 22.9 Å². The summed E-state index contributed by atoms with van der Waals surface area (Å²) >= 11 is 1.73. The molecule has 0 amide bonds. The van der Waals surface area contributed by atoms with Crippen LogP contribution in [0.2, 0.25) is 0 Å². The lowest BCUT2D eigenvalue weighted by Crippen LogP contribution is -1.96. The van der Waals surface area contributed by atoms with Gasteiger partial charge in [0.1, 0.15) is 22.7 Å². The number of imidazole rings is 1. The Labute approximate surface area is 128 Å². The van der Waals surface area contributed by atoms with E-state index in [2.05, 4.69) is 32.2 Å². The molecule has 0 saturated heterocycles. The highest BCUT2D eigenvalue weighted by atomic mass is 32.2. The van der Waals surface area contributed by atoms with Gasteiger partial charge in [-0.15, -0.1) is 0 Å². The summed E-state index contributed by atoms with van der Waals surface area (Å²) in [5.74, 6) is 2.01. The van der Waals surface area contributed by atoms with Crippen molar-refractivity contribution < 1.29 is 0 Å². The normalized spacial score (nSPS) is 15.0. The molecule has 0 saturated carbocycles. The fourth-order valence-corrected chi connectivity index (χ4v) is 3.54. The fourth-order valence-electron chi connectivity index (χ4n) is 2.59. The van der Waals surface area contributed by atoms with Crippen molar-refractivity contribution in [3.05, 3.63) is 48.6 Å².